The Morgan fingerprint density at radius 1 is 1.09 bits per heavy atom. The van der Waals surface area contributed by atoms with Crippen LogP contribution in [0.4, 0.5) is 0 Å². The van der Waals surface area contributed by atoms with Crippen LogP contribution in [0.1, 0.15) is 37.4 Å². The third kappa shape index (κ3) is 4.20. The van der Waals surface area contributed by atoms with E-state index in [9.17, 15) is 9.59 Å². The minimum absolute atomic E-state index is 0.0122. The van der Waals surface area contributed by atoms with Gasteiger partial charge in [0.25, 0.3) is 0 Å². The molecule has 4 heterocycles. The van der Waals surface area contributed by atoms with Gasteiger partial charge in [0, 0.05) is 74.8 Å². The van der Waals surface area contributed by atoms with Crippen molar-refractivity contribution in [3.05, 3.63) is 66.1 Å². The van der Waals surface area contributed by atoms with Crippen molar-refractivity contribution in [1.82, 2.24) is 24.3 Å². The quantitative estimate of drug-likeness (QED) is 0.587. The molecule has 2 aliphatic rings. The molecule has 1 aromatic carbocycles. The van der Waals surface area contributed by atoms with Crippen molar-refractivity contribution in [2.45, 2.75) is 45.4 Å². The number of amides is 2. The first kappa shape index (κ1) is 22.6. The highest BCUT2D eigenvalue weighted by atomic mass is 16.2. The van der Waals surface area contributed by atoms with Crippen molar-refractivity contribution in [2.75, 3.05) is 26.7 Å². The van der Waals surface area contributed by atoms with Crippen LogP contribution in [0, 0.1) is 5.92 Å². The van der Waals surface area contributed by atoms with E-state index in [1.165, 1.54) is 16.5 Å². The average molecular weight is 460 g/mol. The van der Waals surface area contributed by atoms with Gasteiger partial charge in [0.2, 0.25) is 11.8 Å². The number of fused-ring (bicyclic) bond motifs is 2. The summed E-state index contributed by atoms with van der Waals surface area (Å²) >= 11 is 0. The van der Waals surface area contributed by atoms with Crippen LogP contribution in [0.2, 0.25) is 0 Å². The molecule has 0 saturated carbocycles. The number of hydrogen-bond donors (Lipinski definition) is 0. The fourth-order valence-electron chi connectivity index (χ4n) is 5.55. The Kier molecular flexibility index (Phi) is 6.13. The lowest BCUT2D eigenvalue weighted by Gasteiger charge is -2.40. The third-order valence-electron chi connectivity index (χ3n) is 7.38. The molecule has 7 nitrogen and oxygen atoms in total. The number of carbonyl (C=O) groups excluding carboxylic acids is 2. The summed E-state index contributed by atoms with van der Waals surface area (Å²) in [4.78, 5) is 36.7. The van der Waals surface area contributed by atoms with Gasteiger partial charge in [0.15, 0.2) is 0 Å². The summed E-state index contributed by atoms with van der Waals surface area (Å²) in [7, 11) is 1.85. The molecule has 0 aliphatic carbocycles. The molecule has 2 amide bonds. The summed E-state index contributed by atoms with van der Waals surface area (Å²) in [5.41, 5.74) is 3.49. The second-order valence-electron chi connectivity index (χ2n) is 9.93. The molecule has 2 aliphatic heterocycles. The van der Waals surface area contributed by atoms with Gasteiger partial charge in [-0.15, -0.1) is 0 Å². The monoisotopic (exact) mass is 459 g/mol. The van der Waals surface area contributed by atoms with E-state index in [1.807, 2.05) is 24.1 Å². The molecule has 0 N–H and O–H groups in total. The highest BCUT2D eigenvalue weighted by Gasteiger charge is 2.43. The van der Waals surface area contributed by atoms with Gasteiger partial charge in [-0.2, -0.15) is 0 Å². The predicted molar refractivity (Wildman–Crippen MR) is 132 cm³/mol. The number of pyridine rings is 1. The Hall–Kier alpha value is -3.19. The predicted octanol–water partition coefficient (Wildman–Crippen LogP) is 3.31. The summed E-state index contributed by atoms with van der Waals surface area (Å²) in [5, 5.41) is 1.27. The van der Waals surface area contributed by atoms with Crippen LogP contribution >= 0.6 is 0 Å². The molecule has 2 saturated heterocycles. The van der Waals surface area contributed by atoms with Crippen molar-refractivity contribution in [1.29, 1.82) is 0 Å². The lowest BCUT2D eigenvalue weighted by molar-refractivity contribution is -0.138. The number of para-hydroxylation sites is 1. The SMILES string of the molecule is CC(C)n1cc(CN2CC[C@@H]3[C@H](C2)C(=O)N(Cc2cccnc2)CC(=O)N3C)c2ccccc21. The molecule has 0 unspecified atom stereocenters. The fraction of sp³-hybridized carbons (Fsp3) is 0.444. The second-order valence-corrected chi connectivity index (χ2v) is 9.93. The number of aromatic nitrogens is 2. The minimum atomic E-state index is -0.222. The van der Waals surface area contributed by atoms with E-state index in [2.05, 4.69) is 58.8 Å². The summed E-state index contributed by atoms with van der Waals surface area (Å²) in [6.07, 6.45) is 6.56. The molecule has 7 heteroatoms. The number of rotatable bonds is 5. The van der Waals surface area contributed by atoms with Crippen molar-refractivity contribution >= 4 is 22.7 Å². The van der Waals surface area contributed by atoms with Crippen molar-refractivity contribution in [2.24, 2.45) is 5.92 Å². The molecule has 0 radical (unpaired) electrons. The highest BCUT2D eigenvalue weighted by Crippen LogP contribution is 2.30. The van der Waals surface area contributed by atoms with E-state index >= 15 is 0 Å². The molecule has 178 valence electrons. The summed E-state index contributed by atoms with van der Waals surface area (Å²) in [5.74, 6) is -0.139. The van der Waals surface area contributed by atoms with Gasteiger partial charge < -0.3 is 14.4 Å². The smallest absolute Gasteiger partial charge is 0.242 e. The average Bonchev–Trinajstić information content (AvgIpc) is 3.18. The first-order valence-electron chi connectivity index (χ1n) is 12.2. The molecule has 3 aromatic rings. The zero-order valence-electron chi connectivity index (χ0n) is 20.2. The summed E-state index contributed by atoms with van der Waals surface area (Å²) < 4.78 is 2.33. The van der Waals surface area contributed by atoms with E-state index in [0.717, 1.165) is 25.1 Å². The van der Waals surface area contributed by atoms with Crippen molar-refractivity contribution in [3.63, 3.8) is 0 Å². The van der Waals surface area contributed by atoms with Gasteiger partial charge >= 0.3 is 0 Å². The third-order valence-corrected chi connectivity index (χ3v) is 7.38. The maximum absolute atomic E-state index is 13.7. The van der Waals surface area contributed by atoms with Crippen LogP contribution in [-0.4, -0.2) is 68.8 Å². The maximum atomic E-state index is 13.7. The van der Waals surface area contributed by atoms with E-state index in [1.54, 1.807) is 17.3 Å². The van der Waals surface area contributed by atoms with Gasteiger partial charge in [-0.05, 0) is 43.5 Å². The molecule has 5 rings (SSSR count). The first-order valence-corrected chi connectivity index (χ1v) is 12.2. The molecule has 2 fully saturated rings. The van der Waals surface area contributed by atoms with E-state index in [0.29, 0.717) is 19.1 Å². The van der Waals surface area contributed by atoms with Gasteiger partial charge in [-0.1, -0.05) is 24.3 Å². The Morgan fingerprint density at radius 3 is 2.68 bits per heavy atom. The molecule has 0 spiro atoms. The largest absolute Gasteiger partial charge is 0.345 e. The normalized spacial score (nSPS) is 21.9. The van der Waals surface area contributed by atoms with E-state index in [-0.39, 0.29) is 30.3 Å². The first-order chi connectivity index (χ1) is 16.4. The number of piperidine rings is 1. The number of nitrogens with zero attached hydrogens (tertiary/aromatic N) is 5. The number of hydrogen-bond acceptors (Lipinski definition) is 4. The topological polar surface area (TPSA) is 61.7 Å². The number of carbonyl (C=O) groups is 2. The zero-order chi connectivity index (χ0) is 23.8. The van der Waals surface area contributed by atoms with Crippen LogP contribution in [0.15, 0.2) is 55.0 Å². The lowest BCUT2D eigenvalue weighted by Crippen LogP contribution is -2.53. The fourth-order valence-corrected chi connectivity index (χ4v) is 5.55. The van der Waals surface area contributed by atoms with E-state index in [4.69, 9.17) is 0 Å². The molecule has 34 heavy (non-hydrogen) atoms. The van der Waals surface area contributed by atoms with Crippen LogP contribution in [0.5, 0.6) is 0 Å². The summed E-state index contributed by atoms with van der Waals surface area (Å²) in [6, 6.07) is 12.7. The van der Waals surface area contributed by atoms with Crippen LogP contribution in [0.25, 0.3) is 10.9 Å². The van der Waals surface area contributed by atoms with Gasteiger partial charge in [0.1, 0.15) is 6.54 Å². The van der Waals surface area contributed by atoms with Crippen LogP contribution < -0.4 is 0 Å². The minimum Gasteiger partial charge on any atom is -0.345 e. The highest BCUT2D eigenvalue weighted by molar-refractivity contribution is 5.89. The Labute approximate surface area is 201 Å². The standard InChI is InChI=1S/C27H33N5O2/c1-19(2)32-16-21(22-8-4-5-9-25(22)32)15-30-12-10-24-23(17-30)27(34)31(18-26(33)29(24)3)14-20-7-6-11-28-13-20/h4-9,11,13,16,19,23-24H,10,12,14-15,17-18H2,1-3H3/t23-,24+/m0/s1. The number of likely N-dealkylation sites (N-methyl/N-ethyl adjacent to an activating group) is 1. The van der Waals surface area contributed by atoms with Crippen LogP contribution in [0.3, 0.4) is 0 Å². The Bertz CT molecular complexity index is 1190. The van der Waals surface area contributed by atoms with Crippen molar-refractivity contribution in [3.8, 4) is 0 Å². The Balaban J connectivity index is 1.38. The lowest BCUT2D eigenvalue weighted by atomic mass is 9.90. The summed E-state index contributed by atoms with van der Waals surface area (Å²) in [6.45, 7) is 7.28. The van der Waals surface area contributed by atoms with Gasteiger partial charge in [-0.25, -0.2) is 0 Å². The van der Waals surface area contributed by atoms with Gasteiger partial charge in [0.05, 0.1) is 5.92 Å². The molecular weight excluding hydrogens is 426 g/mol. The Morgan fingerprint density at radius 2 is 1.91 bits per heavy atom. The maximum Gasteiger partial charge on any atom is 0.242 e. The van der Waals surface area contributed by atoms with E-state index < -0.39 is 0 Å². The van der Waals surface area contributed by atoms with Crippen molar-refractivity contribution < 1.29 is 9.59 Å². The number of likely N-dealkylation sites (tertiary alicyclic amines) is 1. The molecular formula is C27H33N5O2. The zero-order valence-corrected chi connectivity index (χ0v) is 20.2. The molecule has 2 aromatic heterocycles. The van der Waals surface area contributed by atoms with Gasteiger partial charge in [-0.3, -0.25) is 19.5 Å². The van der Waals surface area contributed by atoms with Crippen LogP contribution in [-0.2, 0) is 22.7 Å². The molecule has 2 atom stereocenters. The molecule has 0 bridgehead atoms. The second kappa shape index (κ2) is 9.22. The number of benzene rings is 1.